The topological polar surface area (TPSA) is 129 Å². The van der Waals surface area contributed by atoms with E-state index in [1.165, 1.54) is 7.11 Å². The van der Waals surface area contributed by atoms with Gasteiger partial charge in [0, 0.05) is 18.3 Å². The standard InChI is InChI=1S/C24H29N5O5/c1-15(2)26-22(32)27-18-9-5-16(6-10-18)13-25-20(30)14-29-21(31)24(3,28-23(29)33)17-7-11-19(34-4)12-8-17/h5-12,15H,13-14H2,1-4H3,(H,25,30)(H,28,33)(H2,26,27,32). The van der Waals surface area contributed by atoms with Gasteiger partial charge in [0.2, 0.25) is 5.91 Å². The first-order valence-electron chi connectivity index (χ1n) is 10.8. The summed E-state index contributed by atoms with van der Waals surface area (Å²) in [5.41, 5.74) is 0.730. The lowest BCUT2D eigenvalue weighted by atomic mass is 9.92. The van der Waals surface area contributed by atoms with Crippen LogP contribution in [0, 0.1) is 0 Å². The summed E-state index contributed by atoms with van der Waals surface area (Å²) in [4.78, 5) is 50.5. The summed E-state index contributed by atoms with van der Waals surface area (Å²) in [5, 5.41) is 10.8. The van der Waals surface area contributed by atoms with Crippen molar-refractivity contribution in [2.45, 2.75) is 38.9 Å². The van der Waals surface area contributed by atoms with Crippen molar-refractivity contribution in [1.29, 1.82) is 0 Å². The molecule has 1 aliphatic rings. The lowest BCUT2D eigenvalue weighted by Crippen LogP contribution is -2.43. The van der Waals surface area contributed by atoms with Crippen LogP contribution in [0.3, 0.4) is 0 Å². The number of ether oxygens (including phenoxy) is 1. The average Bonchev–Trinajstić information content (AvgIpc) is 3.02. The molecule has 1 unspecified atom stereocenters. The number of benzene rings is 2. The van der Waals surface area contributed by atoms with Crippen LogP contribution >= 0.6 is 0 Å². The molecule has 1 fully saturated rings. The van der Waals surface area contributed by atoms with Crippen LogP contribution in [-0.4, -0.2) is 48.5 Å². The van der Waals surface area contributed by atoms with Crippen LogP contribution in [0.15, 0.2) is 48.5 Å². The van der Waals surface area contributed by atoms with Crippen molar-refractivity contribution in [3.63, 3.8) is 0 Å². The Hall–Kier alpha value is -4.08. The first-order chi connectivity index (χ1) is 16.1. The Morgan fingerprint density at radius 1 is 1.06 bits per heavy atom. The molecule has 4 N–H and O–H groups in total. The number of hydrogen-bond acceptors (Lipinski definition) is 5. The first kappa shape index (κ1) is 24.6. The zero-order valence-corrected chi connectivity index (χ0v) is 19.6. The predicted octanol–water partition coefficient (Wildman–Crippen LogP) is 2.31. The van der Waals surface area contributed by atoms with Crippen LogP contribution in [0.5, 0.6) is 5.75 Å². The van der Waals surface area contributed by atoms with Gasteiger partial charge in [0.15, 0.2) is 0 Å². The third-order valence-corrected chi connectivity index (χ3v) is 5.37. The number of carbonyl (C=O) groups excluding carboxylic acids is 4. The van der Waals surface area contributed by atoms with E-state index in [2.05, 4.69) is 21.3 Å². The second-order valence-corrected chi connectivity index (χ2v) is 8.40. The van der Waals surface area contributed by atoms with Gasteiger partial charge in [-0.15, -0.1) is 0 Å². The fourth-order valence-electron chi connectivity index (χ4n) is 3.50. The number of anilines is 1. The summed E-state index contributed by atoms with van der Waals surface area (Å²) >= 11 is 0. The average molecular weight is 468 g/mol. The molecule has 6 amide bonds. The highest BCUT2D eigenvalue weighted by molar-refractivity contribution is 6.09. The van der Waals surface area contributed by atoms with E-state index in [9.17, 15) is 19.2 Å². The molecule has 2 aromatic rings. The highest BCUT2D eigenvalue weighted by atomic mass is 16.5. The SMILES string of the molecule is COc1ccc(C2(C)NC(=O)N(CC(=O)NCc3ccc(NC(=O)NC(C)C)cc3)C2=O)cc1. The summed E-state index contributed by atoms with van der Waals surface area (Å²) in [6.45, 7) is 5.14. The van der Waals surface area contributed by atoms with E-state index in [-0.39, 0.29) is 18.6 Å². The molecule has 0 aromatic heterocycles. The van der Waals surface area contributed by atoms with Crippen molar-refractivity contribution in [3.8, 4) is 5.75 Å². The number of methoxy groups -OCH3 is 1. The Bertz CT molecular complexity index is 1070. The Morgan fingerprint density at radius 3 is 2.29 bits per heavy atom. The number of hydrogen-bond donors (Lipinski definition) is 4. The van der Waals surface area contributed by atoms with Gasteiger partial charge in [0.1, 0.15) is 17.8 Å². The Labute approximate surface area is 198 Å². The molecular formula is C24H29N5O5. The van der Waals surface area contributed by atoms with Crippen LogP contribution in [-0.2, 0) is 21.7 Å². The van der Waals surface area contributed by atoms with Gasteiger partial charge in [-0.2, -0.15) is 0 Å². The molecule has 1 saturated heterocycles. The molecule has 0 spiro atoms. The smallest absolute Gasteiger partial charge is 0.325 e. The van der Waals surface area contributed by atoms with Crippen molar-refractivity contribution in [1.82, 2.24) is 20.9 Å². The van der Waals surface area contributed by atoms with Crippen molar-refractivity contribution >= 4 is 29.6 Å². The number of imide groups is 1. The van der Waals surface area contributed by atoms with Crippen molar-refractivity contribution < 1.29 is 23.9 Å². The summed E-state index contributed by atoms with van der Waals surface area (Å²) in [7, 11) is 1.54. The van der Waals surface area contributed by atoms with Crippen LogP contribution < -0.4 is 26.0 Å². The molecule has 180 valence electrons. The second kappa shape index (κ2) is 10.2. The molecule has 2 aromatic carbocycles. The van der Waals surface area contributed by atoms with E-state index in [1.54, 1.807) is 55.5 Å². The second-order valence-electron chi connectivity index (χ2n) is 8.40. The minimum Gasteiger partial charge on any atom is -0.497 e. The Balaban J connectivity index is 1.55. The third kappa shape index (κ3) is 5.64. The fraction of sp³-hybridized carbons (Fsp3) is 0.333. The maximum atomic E-state index is 13.0. The summed E-state index contributed by atoms with van der Waals surface area (Å²) in [6, 6.07) is 12.9. The van der Waals surface area contributed by atoms with Crippen LogP contribution in [0.1, 0.15) is 31.9 Å². The minimum atomic E-state index is -1.27. The largest absolute Gasteiger partial charge is 0.497 e. The number of urea groups is 2. The van der Waals surface area contributed by atoms with E-state index in [0.29, 0.717) is 17.0 Å². The highest BCUT2D eigenvalue weighted by Gasteiger charge is 2.49. The van der Waals surface area contributed by atoms with Gasteiger partial charge in [-0.25, -0.2) is 9.59 Å². The molecule has 34 heavy (non-hydrogen) atoms. The van der Waals surface area contributed by atoms with Gasteiger partial charge < -0.3 is 26.0 Å². The Kier molecular flexibility index (Phi) is 7.40. The van der Waals surface area contributed by atoms with Crippen LogP contribution in [0.2, 0.25) is 0 Å². The molecule has 0 bridgehead atoms. The van der Waals surface area contributed by atoms with Crippen molar-refractivity contribution in [2.24, 2.45) is 0 Å². The lowest BCUT2D eigenvalue weighted by Gasteiger charge is -2.22. The molecule has 0 radical (unpaired) electrons. The van der Waals surface area contributed by atoms with Gasteiger partial charge in [-0.05, 0) is 56.2 Å². The number of amides is 6. The molecular weight excluding hydrogens is 438 g/mol. The molecule has 1 heterocycles. The summed E-state index contributed by atoms with van der Waals surface area (Å²) < 4.78 is 5.13. The summed E-state index contributed by atoms with van der Waals surface area (Å²) in [6.07, 6.45) is 0. The molecule has 3 rings (SSSR count). The van der Waals surface area contributed by atoms with Crippen molar-refractivity contribution in [3.05, 3.63) is 59.7 Å². The zero-order valence-electron chi connectivity index (χ0n) is 19.6. The van der Waals surface area contributed by atoms with Gasteiger partial charge in [0.25, 0.3) is 5.91 Å². The third-order valence-electron chi connectivity index (χ3n) is 5.37. The normalized spacial score (nSPS) is 17.4. The van der Waals surface area contributed by atoms with Crippen LogP contribution in [0.25, 0.3) is 0 Å². The molecule has 1 aliphatic heterocycles. The molecule has 10 nitrogen and oxygen atoms in total. The van der Waals surface area contributed by atoms with E-state index >= 15 is 0 Å². The molecule has 1 atom stereocenters. The maximum Gasteiger partial charge on any atom is 0.325 e. The fourth-order valence-corrected chi connectivity index (χ4v) is 3.50. The van der Waals surface area contributed by atoms with Gasteiger partial charge in [0.05, 0.1) is 7.11 Å². The molecule has 10 heteroatoms. The number of nitrogens with one attached hydrogen (secondary N) is 4. The molecule has 0 saturated carbocycles. The Morgan fingerprint density at radius 2 is 1.71 bits per heavy atom. The van der Waals surface area contributed by atoms with Gasteiger partial charge in [-0.1, -0.05) is 24.3 Å². The number of nitrogens with zero attached hydrogens (tertiary/aromatic N) is 1. The van der Waals surface area contributed by atoms with E-state index in [1.807, 2.05) is 13.8 Å². The van der Waals surface area contributed by atoms with E-state index in [0.717, 1.165) is 10.5 Å². The van der Waals surface area contributed by atoms with Crippen LogP contribution in [0.4, 0.5) is 15.3 Å². The maximum absolute atomic E-state index is 13.0. The quantitative estimate of drug-likeness (QED) is 0.443. The number of rotatable bonds is 8. The minimum absolute atomic E-state index is 0.0214. The highest BCUT2D eigenvalue weighted by Crippen LogP contribution is 2.29. The van der Waals surface area contributed by atoms with Gasteiger partial charge >= 0.3 is 12.1 Å². The zero-order chi connectivity index (χ0) is 24.9. The summed E-state index contributed by atoms with van der Waals surface area (Å²) in [5.74, 6) is -0.350. The lowest BCUT2D eigenvalue weighted by molar-refractivity contribution is -0.134. The van der Waals surface area contributed by atoms with Gasteiger partial charge in [-0.3, -0.25) is 14.5 Å². The predicted molar refractivity (Wildman–Crippen MR) is 126 cm³/mol. The molecule has 0 aliphatic carbocycles. The first-order valence-corrected chi connectivity index (χ1v) is 10.8. The van der Waals surface area contributed by atoms with Crippen molar-refractivity contribution in [2.75, 3.05) is 19.0 Å². The van der Waals surface area contributed by atoms with E-state index in [4.69, 9.17) is 4.74 Å². The van der Waals surface area contributed by atoms with E-state index < -0.39 is 29.9 Å². The number of carbonyl (C=O) groups is 4. The monoisotopic (exact) mass is 467 g/mol.